The summed E-state index contributed by atoms with van der Waals surface area (Å²) in [5, 5.41) is 7.01. The number of aromatic nitrogens is 3. The first kappa shape index (κ1) is 17.6. The van der Waals surface area contributed by atoms with Crippen LogP contribution in [0.1, 0.15) is 24.8 Å². The van der Waals surface area contributed by atoms with Crippen LogP contribution in [0.5, 0.6) is 0 Å². The third-order valence-corrected chi connectivity index (χ3v) is 5.51. The fraction of sp³-hybridized carbons (Fsp3) is 0.438. The molecule has 1 aliphatic rings. The highest BCUT2D eigenvalue weighted by Gasteiger charge is 2.34. The monoisotopic (exact) mass is 363 g/mol. The quantitative estimate of drug-likeness (QED) is 0.843. The standard InChI is InChI=1S/C16H21N5O3S/c1-25(23,24)21-11-3-2-7-14(21)16(22)18-12-13-6-4-8-17-15(13)20-10-5-9-19-20/h4-6,8-10,14H,2-3,7,11-12H2,1H3,(H,18,22). The van der Waals surface area contributed by atoms with E-state index >= 15 is 0 Å². The number of piperidine rings is 1. The van der Waals surface area contributed by atoms with Crippen LogP contribution in [0.2, 0.25) is 0 Å². The van der Waals surface area contributed by atoms with Gasteiger partial charge in [0, 0.05) is 37.2 Å². The third kappa shape index (κ3) is 4.05. The second-order valence-electron chi connectivity index (χ2n) is 6.04. The lowest BCUT2D eigenvalue weighted by atomic mass is 10.0. The largest absolute Gasteiger partial charge is 0.350 e. The van der Waals surface area contributed by atoms with Crippen LogP contribution in [-0.2, 0) is 21.4 Å². The molecule has 3 rings (SSSR count). The van der Waals surface area contributed by atoms with Crippen LogP contribution in [0.3, 0.4) is 0 Å². The second kappa shape index (κ2) is 7.32. The molecule has 1 atom stereocenters. The number of nitrogens with zero attached hydrogens (tertiary/aromatic N) is 4. The van der Waals surface area contributed by atoms with Gasteiger partial charge < -0.3 is 5.32 Å². The molecular formula is C16H21N5O3S. The lowest BCUT2D eigenvalue weighted by Gasteiger charge is -2.32. The van der Waals surface area contributed by atoms with Crippen molar-refractivity contribution in [2.75, 3.05) is 12.8 Å². The molecule has 134 valence electrons. The fourth-order valence-corrected chi connectivity index (χ4v) is 4.16. The molecule has 0 aromatic carbocycles. The van der Waals surface area contributed by atoms with Gasteiger partial charge in [-0.3, -0.25) is 4.79 Å². The number of amides is 1. The maximum Gasteiger partial charge on any atom is 0.238 e. The van der Waals surface area contributed by atoms with Gasteiger partial charge in [-0.2, -0.15) is 9.40 Å². The van der Waals surface area contributed by atoms with Crippen molar-refractivity contribution in [2.45, 2.75) is 31.8 Å². The molecule has 1 fully saturated rings. The average Bonchev–Trinajstić information content (AvgIpc) is 3.13. The minimum atomic E-state index is -3.40. The van der Waals surface area contributed by atoms with Crippen molar-refractivity contribution in [1.82, 2.24) is 24.4 Å². The maximum absolute atomic E-state index is 12.6. The number of hydrogen-bond donors (Lipinski definition) is 1. The first-order chi connectivity index (χ1) is 12.0. The Bertz CT molecular complexity index is 835. The van der Waals surface area contributed by atoms with Crippen molar-refractivity contribution in [3.05, 3.63) is 42.4 Å². The Hall–Kier alpha value is -2.26. The molecule has 3 heterocycles. The number of rotatable bonds is 5. The van der Waals surface area contributed by atoms with E-state index in [0.717, 1.165) is 24.7 Å². The van der Waals surface area contributed by atoms with Crippen molar-refractivity contribution in [3.8, 4) is 5.82 Å². The van der Waals surface area contributed by atoms with Crippen LogP contribution >= 0.6 is 0 Å². The smallest absolute Gasteiger partial charge is 0.238 e. The summed E-state index contributed by atoms with van der Waals surface area (Å²) in [6.45, 7) is 0.651. The molecule has 0 spiro atoms. The molecule has 2 aromatic heterocycles. The van der Waals surface area contributed by atoms with Gasteiger partial charge in [-0.05, 0) is 25.0 Å². The molecule has 1 aliphatic heterocycles. The van der Waals surface area contributed by atoms with E-state index in [0.29, 0.717) is 18.8 Å². The number of carbonyl (C=O) groups excluding carboxylic acids is 1. The van der Waals surface area contributed by atoms with Crippen molar-refractivity contribution in [3.63, 3.8) is 0 Å². The molecule has 0 aliphatic carbocycles. The zero-order valence-corrected chi connectivity index (χ0v) is 14.8. The number of hydrogen-bond acceptors (Lipinski definition) is 5. The Morgan fingerprint density at radius 2 is 2.16 bits per heavy atom. The van der Waals surface area contributed by atoms with E-state index in [2.05, 4.69) is 15.4 Å². The summed E-state index contributed by atoms with van der Waals surface area (Å²) in [7, 11) is -3.40. The fourth-order valence-electron chi connectivity index (χ4n) is 3.03. The van der Waals surface area contributed by atoms with Crippen molar-refractivity contribution < 1.29 is 13.2 Å². The van der Waals surface area contributed by atoms with Crippen molar-refractivity contribution in [1.29, 1.82) is 0 Å². The highest BCUT2D eigenvalue weighted by molar-refractivity contribution is 7.88. The normalized spacial score (nSPS) is 18.8. The van der Waals surface area contributed by atoms with Crippen molar-refractivity contribution in [2.24, 2.45) is 0 Å². The molecule has 0 bridgehead atoms. The first-order valence-electron chi connectivity index (χ1n) is 8.15. The van der Waals surface area contributed by atoms with E-state index in [4.69, 9.17) is 0 Å². The Morgan fingerprint density at radius 1 is 1.32 bits per heavy atom. The molecule has 0 saturated carbocycles. The Kier molecular flexibility index (Phi) is 5.14. The zero-order chi connectivity index (χ0) is 17.9. The van der Waals surface area contributed by atoms with E-state index in [1.54, 1.807) is 35.4 Å². The summed E-state index contributed by atoms with van der Waals surface area (Å²) in [5.41, 5.74) is 0.807. The van der Waals surface area contributed by atoms with E-state index in [1.807, 2.05) is 6.07 Å². The van der Waals surface area contributed by atoms with Gasteiger partial charge in [-0.1, -0.05) is 12.5 Å². The van der Waals surface area contributed by atoms with E-state index in [1.165, 1.54) is 4.31 Å². The second-order valence-corrected chi connectivity index (χ2v) is 7.97. The molecule has 25 heavy (non-hydrogen) atoms. The topological polar surface area (TPSA) is 97.2 Å². The van der Waals surface area contributed by atoms with Gasteiger partial charge in [-0.15, -0.1) is 0 Å². The number of carbonyl (C=O) groups is 1. The van der Waals surface area contributed by atoms with Gasteiger partial charge in [0.1, 0.15) is 6.04 Å². The minimum absolute atomic E-state index is 0.260. The molecule has 8 nitrogen and oxygen atoms in total. The van der Waals surface area contributed by atoms with E-state index < -0.39 is 16.1 Å². The van der Waals surface area contributed by atoms with E-state index in [9.17, 15) is 13.2 Å². The van der Waals surface area contributed by atoms with Gasteiger partial charge in [0.15, 0.2) is 5.82 Å². The molecule has 9 heteroatoms. The summed E-state index contributed by atoms with van der Waals surface area (Å²) in [5.74, 6) is 0.358. The average molecular weight is 363 g/mol. The first-order valence-corrected chi connectivity index (χ1v) is 10.00. The lowest BCUT2D eigenvalue weighted by molar-refractivity contribution is -0.125. The minimum Gasteiger partial charge on any atom is -0.350 e. The molecule has 1 saturated heterocycles. The Labute approximate surface area is 146 Å². The van der Waals surface area contributed by atoms with Gasteiger partial charge in [0.25, 0.3) is 0 Å². The molecule has 0 radical (unpaired) electrons. The zero-order valence-electron chi connectivity index (χ0n) is 14.0. The van der Waals surface area contributed by atoms with Crippen LogP contribution in [0, 0.1) is 0 Å². The van der Waals surface area contributed by atoms with Crippen LogP contribution in [0.4, 0.5) is 0 Å². The summed E-state index contributed by atoms with van der Waals surface area (Å²) < 4.78 is 26.7. The number of sulfonamides is 1. The summed E-state index contributed by atoms with van der Waals surface area (Å²) in [4.78, 5) is 16.9. The molecule has 1 unspecified atom stereocenters. The maximum atomic E-state index is 12.6. The lowest BCUT2D eigenvalue weighted by Crippen LogP contribution is -2.51. The molecule has 2 aromatic rings. The van der Waals surface area contributed by atoms with Gasteiger partial charge in [0.05, 0.1) is 6.26 Å². The predicted octanol–water partition coefficient (Wildman–Crippen LogP) is 0.698. The van der Waals surface area contributed by atoms with Gasteiger partial charge >= 0.3 is 0 Å². The van der Waals surface area contributed by atoms with Crippen LogP contribution < -0.4 is 5.32 Å². The van der Waals surface area contributed by atoms with Gasteiger partial charge in [-0.25, -0.2) is 18.1 Å². The number of pyridine rings is 1. The van der Waals surface area contributed by atoms with Crippen LogP contribution in [-0.4, -0.2) is 52.2 Å². The summed E-state index contributed by atoms with van der Waals surface area (Å²) >= 11 is 0. The molecular weight excluding hydrogens is 342 g/mol. The van der Waals surface area contributed by atoms with Crippen LogP contribution in [0.15, 0.2) is 36.8 Å². The van der Waals surface area contributed by atoms with Gasteiger partial charge in [0.2, 0.25) is 15.9 Å². The summed E-state index contributed by atoms with van der Waals surface area (Å²) in [6.07, 6.45) is 8.41. The molecule has 1 N–H and O–H groups in total. The predicted molar refractivity (Wildman–Crippen MR) is 92.4 cm³/mol. The highest BCUT2D eigenvalue weighted by Crippen LogP contribution is 2.20. The Balaban J connectivity index is 1.73. The van der Waals surface area contributed by atoms with E-state index in [-0.39, 0.29) is 12.5 Å². The Morgan fingerprint density at radius 3 is 2.88 bits per heavy atom. The third-order valence-electron chi connectivity index (χ3n) is 4.22. The van der Waals surface area contributed by atoms with Crippen LogP contribution in [0.25, 0.3) is 5.82 Å². The highest BCUT2D eigenvalue weighted by atomic mass is 32.2. The number of nitrogens with one attached hydrogen (secondary N) is 1. The van der Waals surface area contributed by atoms with Crippen molar-refractivity contribution >= 4 is 15.9 Å². The molecule has 1 amide bonds. The summed E-state index contributed by atoms with van der Waals surface area (Å²) in [6, 6.07) is 4.80. The SMILES string of the molecule is CS(=O)(=O)N1CCCCC1C(=O)NCc1cccnc1-n1cccn1.